The number of rotatable bonds is 7. The van der Waals surface area contributed by atoms with E-state index in [1.165, 1.54) is 16.0 Å². The fourth-order valence-corrected chi connectivity index (χ4v) is 2.79. The molecule has 0 spiro atoms. The molecule has 2 rings (SSSR count). The lowest BCUT2D eigenvalue weighted by molar-refractivity contribution is -0.170. The summed E-state index contributed by atoms with van der Waals surface area (Å²) in [6, 6.07) is 8.15. The number of fused-ring (bicyclic) bond motifs is 1. The molecule has 0 aromatic heterocycles. The molecular weight excluding hydrogens is 340 g/mol. The minimum absolute atomic E-state index is 0.0892. The number of nitrogens with zero attached hydrogens (tertiary/aromatic N) is 2. The molecule has 0 N–H and O–H groups in total. The second-order valence-corrected chi connectivity index (χ2v) is 6.37. The van der Waals surface area contributed by atoms with Crippen LogP contribution in [0, 0.1) is 0 Å². The Labute approximate surface area is 144 Å². The van der Waals surface area contributed by atoms with Crippen molar-refractivity contribution in [3.63, 3.8) is 0 Å². The first-order valence-corrected chi connectivity index (χ1v) is 7.95. The fraction of sp³-hybridized carbons (Fsp3) is 0.588. The second kappa shape index (κ2) is 8.14. The molecule has 1 amide bonds. The van der Waals surface area contributed by atoms with Crippen molar-refractivity contribution < 1.29 is 27.1 Å². The van der Waals surface area contributed by atoms with Gasteiger partial charge in [0.2, 0.25) is 5.91 Å². The van der Waals surface area contributed by atoms with Crippen LogP contribution in [0.1, 0.15) is 11.1 Å². The van der Waals surface area contributed by atoms with E-state index in [0.717, 1.165) is 13.0 Å². The molecule has 1 atom stereocenters. The molecule has 0 saturated carbocycles. The summed E-state index contributed by atoms with van der Waals surface area (Å²) < 4.78 is 54.1. The van der Waals surface area contributed by atoms with Crippen LogP contribution >= 0.6 is 0 Å². The highest BCUT2D eigenvalue weighted by atomic mass is 19.3. The largest absolute Gasteiger partial charge is 0.365 e. The summed E-state index contributed by atoms with van der Waals surface area (Å²) in [7, 11) is 3.50. The number of carbonyl (C=O) groups excluding carboxylic acids is 1. The first-order valence-electron chi connectivity index (χ1n) is 7.95. The number of alkyl halides is 4. The summed E-state index contributed by atoms with van der Waals surface area (Å²) >= 11 is 0. The van der Waals surface area contributed by atoms with Crippen LogP contribution in [0.25, 0.3) is 0 Å². The first-order chi connectivity index (χ1) is 11.7. The van der Waals surface area contributed by atoms with Crippen molar-refractivity contribution in [3.8, 4) is 0 Å². The smallest absolute Gasteiger partial charge is 0.330 e. The van der Waals surface area contributed by atoms with E-state index in [2.05, 4.69) is 15.7 Å². The topological polar surface area (TPSA) is 32.8 Å². The molecule has 1 aromatic rings. The molecule has 25 heavy (non-hydrogen) atoms. The van der Waals surface area contributed by atoms with Gasteiger partial charge in [0.15, 0.2) is 0 Å². The Balaban J connectivity index is 1.83. The fourth-order valence-electron chi connectivity index (χ4n) is 2.79. The number of hydrogen-bond acceptors (Lipinski definition) is 3. The third-order valence-electron chi connectivity index (χ3n) is 4.37. The molecule has 0 bridgehead atoms. The molecular formula is C17H22F4N2O2. The van der Waals surface area contributed by atoms with Gasteiger partial charge >= 0.3 is 12.3 Å². The summed E-state index contributed by atoms with van der Waals surface area (Å²) in [5, 5.41) is 0. The predicted octanol–water partition coefficient (Wildman–Crippen LogP) is 2.42. The molecule has 1 aromatic carbocycles. The summed E-state index contributed by atoms with van der Waals surface area (Å²) in [6.45, 7) is -0.953. The molecule has 1 heterocycles. The lowest BCUT2D eigenvalue weighted by Crippen LogP contribution is -2.47. The van der Waals surface area contributed by atoms with Gasteiger partial charge in [-0.2, -0.15) is 8.78 Å². The van der Waals surface area contributed by atoms with Gasteiger partial charge in [-0.1, -0.05) is 24.3 Å². The van der Waals surface area contributed by atoms with Crippen LogP contribution in [-0.4, -0.2) is 68.0 Å². The Morgan fingerprint density at radius 1 is 1.36 bits per heavy atom. The number of hydrogen-bond donors (Lipinski definition) is 0. The minimum Gasteiger partial charge on any atom is -0.365 e. The van der Waals surface area contributed by atoms with Gasteiger partial charge in [0, 0.05) is 26.2 Å². The Morgan fingerprint density at radius 2 is 2.00 bits per heavy atom. The number of amides is 1. The van der Waals surface area contributed by atoms with Gasteiger partial charge in [0.1, 0.15) is 13.2 Å². The highest BCUT2D eigenvalue weighted by Crippen LogP contribution is 2.23. The average molecular weight is 362 g/mol. The molecule has 0 radical (unpaired) electrons. The Morgan fingerprint density at radius 3 is 2.64 bits per heavy atom. The zero-order chi connectivity index (χ0) is 18.6. The van der Waals surface area contributed by atoms with Crippen molar-refractivity contribution in [3.05, 3.63) is 35.4 Å². The van der Waals surface area contributed by atoms with Gasteiger partial charge in [-0.3, -0.25) is 9.69 Å². The summed E-state index contributed by atoms with van der Waals surface area (Å²) in [5.41, 5.74) is 2.46. The maximum Gasteiger partial charge on any atom is 0.330 e. The van der Waals surface area contributed by atoms with Gasteiger partial charge in [0.25, 0.3) is 0 Å². The molecule has 0 fully saturated rings. The zero-order valence-electron chi connectivity index (χ0n) is 14.2. The van der Waals surface area contributed by atoms with Crippen molar-refractivity contribution in [1.82, 2.24) is 9.80 Å². The van der Waals surface area contributed by atoms with Crippen molar-refractivity contribution in [2.24, 2.45) is 0 Å². The van der Waals surface area contributed by atoms with Crippen molar-refractivity contribution in [2.75, 3.05) is 33.9 Å². The lowest BCUT2D eigenvalue weighted by atomic mass is 9.94. The third kappa shape index (κ3) is 5.15. The van der Waals surface area contributed by atoms with Gasteiger partial charge in [-0.15, -0.1) is 0 Å². The number of ether oxygens (including phenoxy) is 1. The predicted molar refractivity (Wildman–Crippen MR) is 84.8 cm³/mol. The number of benzene rings is 1. The normalized spacial score (nSPS) is 18.3. The van der Waals surface area contributed by atoms with E-state index < -0.39 is 31.5 Å². The minimum atomic E-state index is -4.24. The van der Waals surface area contributed by atoms with Crippen LogP contribution in [0.2, 0.25) is 0 Å². The zero-order valence-corrected chi connectivity index (χ0v) is 14.2. The average Bonchev–Trinajstić information content (AvgIpc) is 2.55. The maximum atomic E-state index is 12.8. The van der Waals surface area contributed by atoms with Crippen LogP contribution in [0.4, 0.5) is 17.6 Å². The van der Waals surface area contributed by atoms with Crippen LogP contribution in [0.3, 0.4) is 0 Å². The molecule has 0 unspecified atom stereocenters. The van der Waals surface area contributed by atoms with Gasteiger partial charge < -0.3 is 9.64 Å². The van der Waals surface area contributed by atoms with Crippen LogP contribution < -0.4 is 0 Å². The molecule has 4 nitrogen and oxygen atoms in total. The maximum absolute atomic E-state index is 12.8. The quantitative estimate of drug-likeness (QED) is 0.699. The van der Waals surface area contributed by atoms with E-state index in [9.17, 15) is 22.4 Å². The standard InChI is InChI=1S/C17H22F4N2O2/c1-22-8-13-6-4-3-5-12(13)7-14(22)9-23(2)15(24)10-25-11-17(20,21)16(18)19/h3-6,14,16H,7-11H2,1-2H3/t14-/m0/s1. The summed E-state index contributed by atoms with van der Waals surface area (Å²) in [4.78, 5) is 15.5. The van der Waals surface area contributed by atoms with E-state index in [1.807, 2.05) is 25.2 Å². The second-order valence-electron chi connectivity index (χ2n) is 6.37. The summed E-state index contributed by atoms with van der Waals surface area (Å²) in [5.74, 6) is -4.76. The van der Waals surface area contributed by atoms with E-state index in [-0.39, 0.29) is 6.04 Å². The van der Waals surface area contributed by atoms with E-state index in [4.69, 9.17) is 0 Å². The first kappa shape index (κ1) is 19.7. The van der Waals surface area contributed by atoms with E-state index in [1.54, 1.807) is 7.05 Å². The van der Waals surface area contributed by atoms with Crippen LogP contribution in [0.5, 0.6) is 0 Å². The monoisotopic (exact) mass is 362 g/mol. The summed E-state index contributed by atoms with van der Waals surface area (Å²) in [6.07, 6.45) is -3.04. The van der Waals surface area contributed by atoms with Gasteiger partial charge in [-0.25, -0.2) is 8.78 Å². The highest BCUT2D eigenvalue weighted by molar-refractivity contribution is 5.77. The van der Waals surface area contributed by atoms with Crippen LogP contribution in [-0.2, 0) is 22.5 Å². The molecule has 1 aliphatic heterocycles. The van der Waals surface area contributed by atoms with Crippen molar-refractivity contribution in [2.45, 2.75) is 31.4 Å². The molecule has 1 aliphatic rings. The number of carbonyl (C=O) groups is 1. The van der Waals surface area contributed by atoms with Crippen molar-refractivity contribution in [1.29, 1.82) is 0 Å². The van der Waals surface area contributed by atoms with E-state index in [0.29, 0.717) is 6.54 Å². The van der Waals surface area contributed by atoms with Gasteiger partial charge in [0.05, 0.1) is 0 Å². The Hall–Kier alpha value is -1.67. The van der Waals surface area contributed by atoms with Gasteiger partial charge in [-0.05, 0) is 24.6 Å². The molecule has 0 saturated heterocycles. The highest BCUT2D eigenvalue weighted by Gasteiger charge is 2.41. The molecule has 8 heteroatoms. The lowest BCUT2D eigenvalue weighted by Gasteiger charge is -2.36. The van der Waals surface area contributed by atoms with E-state index >= 15 is 0 Å². The van der Waals surface area contributed by atoms with Crippen molar-refractivity contribution >= 4 is 5.91 Å². The Bertz CT molecular complexity index is 598. The molecule has 140 valence electrons. The number of likely N-dealkylation sites (N-methyl/N-ethyl adjacent to an activating group) is 2. The third-order valence-corrected chi connectivity index (χ3v) is 4.37. The Kier molecular flexibility index (Phi) is 6.40. The SMILES string of the molecule is CN(C[C@@H]1Cc2ccccc2CN1C)C(=O)COCC(F)(F)C(F)F. The molecule has 0 aliphatic carbocycles. The van der Waals surface area contributed by atoms with Crippen LogP contribution in [0.15, 0.2) is 24.3 Å². The number of halogens is 4.